The summed E-state index contributed by atoms with van der Waals surface area (Å²) in [7, 11) is 0. The molecule has 0 aromatic carbocycles. The molecule has 0 bridgehead atoms. The normalized spacial score (nSPS) is 26.7. The van der Waals surface area contributed by atoms with E-state index in [-0.39, 0.29) is 18.3 Å². The predicted octanol–water partition coefficient (Wildman–Crippen LogP) is 4.05. The molecule has 27 heavy (non-hydrogen) atoms. The van der Waals surface area contributed by atoms with Crippen molar-refractivity contribution in [3.63, 3.8) is 0 Å². The summed E-state index contributed by atoms with van der Waals surface area (Å²) >= 11 is 0. The first-order valence-electron chi connectivity index (χ1n) is 10.9. The van der Waals surface area contributed by atoms with Gasteiger partial charge >= 0.3 is 5.97 Å². The first-order chi connectivity index (χ1) is 13.0. The number of aliphatic hydroxyl groups is 3. The lowest BCUT2D eigenvalue weighted by Gasteiger charge is -2.21. The molecule has 0 aromatic heterocycles. The van der Waals surface area contributed by atoms with Crippen molar-refractivity contribution in [2.45, 2.75) is 109 Å². The van der Waals surface area contributed by atoms with Crippen molar-refractivity contribution < 1.29 is 25.2 Å². The summed E-state index contributed by atoms with van der Waals surface area (Å²) < 4.78 is 0. The second-order valence-electron chi connectivity index (χ2n) is 8.11. The fourth-order valence-corrected chi connectivity index (χ4v) is 4.10. The van der Waals surface area contributed by atoms with Crippen LogP contribution in [-0.2, 0) is 4.79 Å². The number of hydrogen-bond donors (Lipinski definition) is 4. The molecular formula is C22H40O5. The lowest BCUT2D eigenvalue weighted by molar-refractivity contribution is -0.137. The topological polar surface area (TPSA) is 98.0 Å². The van der Waals surface area contributed by atoms with E-state index >= 15 is 0 Å². The van der Waals surface area contributed by atoms with E-state index < -0.39 is 24.3 Å². The molecule has 0 saturated heterocycles. The quantitative estimate of drug-likeness (QED) is 0.252. The average molecular weight is 385 g/mol. The van der Waals surface area contributed by atoms with Crippen LogP contribution in [0.4, 0.5) is 0 Å². The van der Waals surface area contributed by atoms with Crippen molar-refractivity contribution in [3.05, 3.63) is 12.2 Å². The van der Waals surface area contributed by atoms with Gasteiger partial charge in [-0.3, -0.25) is 4.79 Å². The minimum Gasteiger partial charge on any atom is -0.481 e. The van der Waals surface area contributed by atoms with Gasteiger partial charge in [-0.2, -0.15) is 0 Å². The molecule has 5 nitrogen and oxygen atoms in total. The first-order valence-corrected chi connectivity index (χ1v) is 10.9. The van der Waals surface area contributed by atoms with Gasteiger partial charge in [0.25, 0.3) is 0 Å². The van der Waals surface area contributed by atoms with E-state index in [0.29, 0.717) is 12.8 Å². The second-order valence-corrected chi connectivity index (χ2v) is 8.11. The summed E-state index contributed by atoms with van der Waals surface area (Å²) in [5.74, 6) is -0.834. The highest BCUT2D eigenvalue weighted by Crippen LogP contribution is 2.37. The zero-order valence-electron chi connectivity index (χ0n) is 16.9. The van der Waals surface area contributed by atoms with Crippen molar-refractivity contribution in [3.8, 4) is 0 Å². The molecule has 5 heteroatoms. The standard InChI is InChI=1S/C22H40O5/c1-2-3-4-5-8-11-17(23)14-15-19-18(20(24)16-21(19)25)12-9-6-7-10-13-22(26)27/h14-15,17-21,23-25H,2-13,16H2,1H3,(H,26,27)/b15-14+/t17-,18+,19+,20-,21+/m0/s1. The summed E-state index contributed by atoms with van der Waals surface area (Å²) in [5, 5.41) is 39.3. The van der Waals surface area contributed by atoms with Crippen LogP contribution in [0.3, 0.4) is 0 Å². The highest BCUT2D eigenvalue weighted by molar-refractivity contribution is 5.66. The largest absolute Gasteiger partial charge is 0.481 e. The number of hydrogen-bond acceptors (Lipinski definition) is 4. The lowest BCUT2D eigenvalue weighted by Crippen LogP contribution is -2.21. The van der Waals surface area contributed by atoms with Crippen LogP contribution >= 0.6 is 0 Å². The molecule has 4 N–H and O–H groups in total. The molecule has 1 saturated carbocycles. The molecule has 0 aromatic rings. The Morgan fingerprint density at radius 3 is 2.37 bits per heavy atom. The van der Waals surface area contributed by atoms with Crippen LogP contribution < -0.4 is 0 Å². The minimum atomic E-state index is -0.751. The summed E-state index contributed by atoms with van der Waals surface area (Å²) in [6.07, 6.45) is 13.7. The van der Waals surface area contributed by atoms with E-state index in [1.54, 1.807) is 6.08 Å². The van der Waals surface area contributed by atoms with E-state index in [1.165, 1.54) is 19.3 Å². The molecule has 0 heterocycles. The summed E-state index contributed by atoms with van der Waals surface area (Å²) in [4.78, 5) is 10.5. The van der Waals surface area contributed by atoms with Crippen LogP contribution in [0.2, 0.25) is 0 Å². The maximum Gasteiger partial charge on any atom is 0.303 e. The van der Waals surface area contributed by atoms with Gasteiger partial charge in [0.1, 0.15) is 0 Å². The maximum atomic E-state index is 10.5. The predicted molar refractivity (Wildman–Crippen MR) is 107 cm³/mol. The number of rotatable bonds is 15. The van der Waals surface area contributed by atoms with Crippen LogP contribution in [0.1, 0.15) is 90.4 Å². The van der Waals surface area contributed by atoms with E-state index in [2.05, 4.69) is 6.92 Å². The van der Waals surface area contributed by atoms with Crippen molar-refractivity contribution in [2.75, 3.05) is 0 Å². The number of unbranched alkanes of at least 4 members (excludes halogenated alkanes) is 7. The molecule has 1 rings (SSSR count). The Morgan fingerprint density at radius 1 is 1.00 bits per heavy atom. The van der Waals surface area contributed by atoms with Gasteiger partial charge in [0.05, 0.1) is 18.3 Å². The fourth-order valence-electron chi connectivity index (χ4n) is 4.10. The minimum absolute atomic E-state index is 0.0208. The van der Waals surface area contributed by atoms with Gasteiger partial charge in [-0.15, -0.1) is 0 Å². The Kier molecular flexibility index (Phi) is 12.6. The molecule has 158 valence electrons. The number of aliphatic hydroxyl groups excluding tert-OH is 3. The SMILES string of the molecule is CCCCCCC[C@H](O)/C=C/[C@@H]1[C@@H](CCCCCCC(=O)O)[C@@H](O)C[C@H]1O. The van der Waals surface area contributed by atoms with Gasteiger partial charge in [0.2, 0.25) is 0 Å². The molecule has 0 radical (unpaired) electrons. The number of carboxylic acid groups (broad SMARTS) is 1. The Hall–Kier alpha value is -0.910. The van der Waals surface area contributed by atoms with Crippen LogP contribution in [-0.4, -0.2) is 44.7 Å². The summed E-state index contributed by atoms with van der Waals surface area (Å²) in [6.45, 7) is 2.19. The second kappa shape index (κ2) is 14.1. The molecule has 1 aliphatic carbocycles. The number of carbonyl (C=O) groups is 1. The molecular weight excluding hydrogens is 344 g/mol. The Morgan fingerprint density at radius 2 is 1.67 bits per heavy atom. The van der Waals surface area contributed by atoms with E-state index in [9.17, 15) is 20.1 Å². The zero-order chi connectivity index (χ0) is 20.1. The van der Waals surface area contributed by atoms with Crippen molar-refractivity contribution in [1.29, 1.82) is 0 Å². The molecule has 5 atom stereocenters. The van der Waals surface area contributed by atoms with Crippen LogP contribution in [0.5, 0.6) is 0 Å². The Balaban J connectivity index is 2.33. The van der Waals surface area contributed by atoms with Gasteiger partial charge < -0.3 is 20.4 Å². The van der Waals surface area contributed by atoms with Crippen LogP contribution in [0, 0.1) is 11.8 Å². The molecule has 0 spiro atoms. The van der Waals surface area contributed by atoms with E-state index in [4.69, 9.17) is 5.11 Å². The van der Waals surface area contributed by atoms with Crippen LogP contribution in [0.15, 0.2) is 12.2 Å². The monoisotopic (exact) mass is 384 g/mol. The number of aliphatic carboxylic acids is 1. The first kappa shape index (κ1) is 24.1. The summed E-state index contributed by atoms with van der Waals surface area (Å²) in [6, 6.07) is 0. The van der Waals surface area contributed by atoms with E-state index in [0.717, 1.165) is 44.9 Å². The third-order valence-electron chi connectivity index (χ3n) is 5.75. The lowest BCUT2D eigenvalue weighted by atomic mass is 9.88. The Labute approximate surface area is 164 Å². The molecule has 0 unspecified atom stereocenters. The smallest absolute Gasteiger partial charge is 0.303 e. The third kappa shape index (κ3) is 10.3. The van der Waals surface area contributed by atoms with Crippen molar-refractivity contribution >= 4 is 5.97 Å². The van der Waals surface area contributed by atoms with Crippen molar-refractivity contribution in [1.82, 2.24) is 0 Å². The maximum absolute atomic E-state index is 10.5. The Bertz CT molecular complexity index is 423. The highest BCUT2D eigenvalue weighted by Gasteiger charge is 2.39. The highest BCUT2D eigenvalue weighted by atomic mass is 16.4. The summed E-state index contributed by atoms with van der Waals surface area (Å²) in [5.41, 5.74) is 0. The van der Waals surface area contributed by atoms with Gasteiger partial charge in [-0.05, 0) is 25.2 Å². The zero-order valence-corrected chi connectivity index (χ0v) is 16.9. The molecule has 0 aliphatic heterocycles. The van der Waals surface area contributed by atoms with Gasteiger partial charge in [0, 0.05) is 18.8 Å². The van der Waals surface area contributed by atoms with E-state index in [1.807, 2.05) is 6.08 Å². The van der Waals surface area contributed by atoms with Crippen LogP contribution in [0.25, 0.3) is 0 Å². The van der Waals surface area contributed by atoms with Gasteiger partial charge in [-0.1, -0.05) is 70.4 Å². The average Bonchev–Trinajstić information content (AvgIpc) is 2.88. The van der Waals surface area contributed by atoms with Crippen molar-refractivity contribution in [2.24, 2.45) is 11.8 Å². The third-order valence-corrected chi connectivity index (χ3v) is 5.75. The van der Waals surface area contributed by atoms with Gasteiger partial charge in [0.15, 0.2) is 0 Å². The molecule has 0 amide bonds. The fraction of sp³-hybridized carbons (Fsp3) is 0.864. The molecule has 1 aliphatic rings. The van der Waals surface area contributed by atoms with Gasteiger partial charge in [-0.25, -0.2) is 0 Å². The molecule has 1 fully saturated rings. The number of carboxylic acids is 1.